The van der Waals surface area contributed by atoms with Crippen molar-refractivity contribution < 1.29 is 50.8 Å². The van der Waals surface area contributed by atoms with Gasteiger partial charge in [0.15, 0.2) is 11.0 Å². The summed E-state index contributed by atoms with van der Waals surface area (Å²) >= 11 is 3.19. The van der Waals surface area contributed by atoms with Crippen LogP contribution in [0.1, 0.15) is 52.9 Å². The summed E-state index contributed by atoms with van der Waals surface area (Å²) in [5.74, 6) is 0.731. The first kappa shape index (κ1) is 33.6. The molecule has 4 aromatic carbocycles. The van der Waals surface area contributed by atoms with Gasteiger partial charge in [-0.15, -0.1) is 5.10 Å². The van der Waals surface area contributed by atoms with Gasteiger partial charge in [0.1, 0.15) is 0 Å². The summed E-state index contributed by atoms with van der Waals surface area (Å²) in [5.41, 5.74) is 5.88. The maximum absolute atomic E-state index is 11.6. The van der Waals surface area contributed by atoms with Gasteiger partial charge in [0.25, 0.3) is 0 Å². The van der Waals surface area contributed by atoms with E-state index in [1.54, 1.807) is 48.0 Å². The van der Waals surface area contributed by atoms with Crippen molar-refractivity contribution in [2.75, 3.05) is 0 Å². The van der Waals surface area contributed by atoms with Crippen LogP contribution in [0.15, 0.2) is 102 Å². The summed E-state index contributed by atoms with van der Waals surface area (Å²) < 4.78 is 1.90. The SMILES string of the molecule is CC(C)Cc1nc(SCc2ccc(-c3ccccc3C(=O)O)cc2)n(SCc2ccc(-c3ccccc3C(=O)O)cc2)n1.[H-].[Na+]. The van der Waals surface area contributed by atoms with Crippen LogP contribution in [-0.4, -0.2) is 36.3 Å². The maximum Gasteiger partial charge on any atom is 1.00 e. The molecule has 0 unspecified atom stereocenters. The summed E-state index contributed by atoms with van der Waals surface area (Å²) in [5, 5.41) is 24.7. The zero-order chi connectivity index (χ0) is 30.3. The minimum Gasteiger partial charge on any atom is -1.00 e. The Labute approximate surface area is 289 Å². The van der Waals surface area contributed by atoms with Gasteiger partial charge in [0, 0.05) is 17.9 Å². The second-order valence-electron chi connectivity index (χ2n) is 10.4. The molecule has 7 nitrogen and oxygen atoms in total. The number of hydrogen-bond donors (Lipinski definition) is 2. The van der Waals surface area contributed by atoms with Gasteiger partial charge in [-0.3, -0.25) is 0 Å². The summed E-state index contributed by atoms with van der Waals surface area (Å²) in [4.78, 5) is 28.1. The molecule has 0 saturated heterocycles. The van der Waals surface area contributed by atoms with Crippen molar-refractivity contribution in [2.24, 2.45) is 5.92 Å². The van der Waals surface area contributed by atoms with Crippen molar-refractivity contribution in [1.29, 1.82) is 0 Å². The van der Waals surface area contributed by atoms with E-state index in [-0.39, 0.29) is 42.1 Å². The van der Waals surface area contributed by atoms with E-state index in [9.17, 15) is 19.8 Å². The van der Waals surface area contributed by atoms with Crippen LogP contribution in [-0.2, 0) is 17.9 Å². The number of hydrogen-bond acceptors (Lipinski definition) is 6. The molecular formula is C34H32N3NaO4S2. The van der Waals surface area contributed by atoms with E-state index in [1.165, 1.54) is 0 Å². The van der Waals surface area contributed by atoms with Crippen LogP contribution in [0.2, 0.25) is 0 Å². The molecule has 1 aromatic heterocycles. The van der Waals surface area contributed by atoms with Crippen LogP contribution >= 0.6 is 23.7 Å². The number of nitrogens with zero attached hydrogens (tertiary/aromatic N) is 3. The van der Waals surface area contributed by atoms with Crippen molar-refractivity contribution in [2.45, 2.75) is 36.9 Å². The first-order valence-electron chi connectivity index (χ1n) is 13.8. The molecule has 0 aliphatic rings. The summed E-state index contributed by atoms with van der Waals surface area (Å²) in [6.07, 6.45) is 0.788. The molecule has 44 heavy (non-hydrogen) atoms. The molecule has 220 valence electrons. The Hall–Kier alpha value is -3.34. The third kappa shape index (κ3) is 8.43. The average molecular weight is 634 g/mol. The second kappa shape index (κ2) is 15.6. The fraction of sp³-hybridized carbons (Fsp3) is 0.176. The van der Waals surface area contributed by atoms with E-state index in [1.807, 2.05) is 76.9 Å². The molecular weight excluding hydrogens is 602 g/mol. The molecule has 0 bridgehead atoms. The topological polar surface area (TPSA) is 105 Å². The van der Waals surface area contributed by atoms with Gasteiger partial charge < -0.3 is 11.6 Å². The smallest absolute Gasteiger partial charge is 1.00 e. The molecule has 5 rings (SSSR count). The quantitative estimate of drug-likeness (QED) is 0.141. The van der Waals surface area contributed by atoms with Crippen LogP contribution in [0.3, 0.4) is 0 Å². The zero-order valence-corrected chi connectivity index (χ0v) is 28.4. The van der Waals surface area contributed by atoms with Crippen molar-refractivity contribution in [3.8, 4) is 22.3 Å². The standard InChI is InChI=1S/C34H31N3O4S2.Na.H/c1-22(2)19-31-35-34(42-20-23-11-15-25(16-12-23)27-7-3-5-9-29(27)32(38)39)37(36-31)43-21-24-13-17-26(18-14-24)28-8-4-6-10-30(28)33(40)41;;/h3-18,22H,19-21H2,1-2H3,(H,38,39)(H,40,41);;/q;+1;-1. The van der Waals surface area contributed by atoms with E-state index >= 15 is 0 Å². The van der Waals surface area contributed by atoms with E-state index in [0.717, 1.165) is 39.7 Å². The number of rotatable bonds is 12. The Morgan fingerprint density at radius 3 is 1.70 bits per heavy atom. The Bertz CT molecular complexity index is 1620. The van der Waals surface area contributed by atoms with Gasteiger partial charge in [-0.2, -0.15) is 4.09 Å². The number of carboxylic acids is 2. The second-order valence-corrected chi connectivity index (χ2v) is 12.3. The molecule has 0 aliphatic heterocycles. The summed E-state index contributed by atoms with van der Waals surface area (Å²) in [7, 11) is 0. The van der Waals surface area contributed by atoms with Gasteiger partial charge in [-0.1, -0.05) is 111 Å². The number of carboxylic acid groups (broad SMARTS) is 2. The molecule has 2 N–H and O–H groups in total. The van der Waals surface area contributed by atoms with Gasteiger partial charge in [-0.25, -0.2) is 14.6 Å². The molecule has 0 atom stereocenters. The molecule has 10 heteroatoms. The summed E-state index contributed by atoms with van der Waals surface area (Å²) in [6, 6.07) is 29.9. The molecule has 0 aliphatic carbocycles. The third-order valence-electron chi connectivity index (χ3n) is 6.75. The van der Waals surface area contributed by atoms with E-state index < -0.39 is 11.9 Å². The monoisotopic (exact) mass is 633 g/mol. The van der Waals surface area contributed by atoms with Crippen molar-refractivity contribution in [3.05, 3.63) is 125 Å². The van der Waals surface area contributed by atoms with E-state index in [0.29, 0.717) is 28.6 Å². The fourth-order valence-electron chi connectivity index (χ4n) is 4.63. The van der Waals surface area contributed by atoms with Gasteiger partial charge in [-0.05, 0) is 63.4 Å². The van der Waals surface area contributed by atoms with Crippen molar-refractivity contribution in [3.63, 3.8) is 0 Å². The third-order valence-corrected chi connectivity index (χ3v) is 8.83. The fourth-order valence-corrected chi connectivity index (χ4v) is 6.53. The largest absolute Gasteiger partial charge is 1.00 e. The Morgan fingerprint density at radius 2 is 1.23 bits per heavy atom. The van der Waals surface area contributed by atoms with Crippen LogP contribution in [0, 0.1) is 5.92 Å². The van der Waals surface area contributed by atoms with Crippen LogP contribution in [0.4, 0.5) is 0 Å². The Balaban J connectivity index is 0.00000276. The first-order chi connectivity index (χ1) is 20.8. The number of carbonyl (C=O) groups is 2. The van der Waals surface area contributed by atoms with Crippen LogP contribution < -0.4 is 29.6 Å². The minimum atomic E-state index is -0.942. The van der Waals surface area contributed by atoms with Gasteiger partial charge in [0.2, 0.25) is 0 Å². The molecule has 0 saturated carbocycles. The normalized spacial score (nSPS) is 10.9. The predicted molar refractivity (Wildman–Crippen MR) is 174 cm³/mol. The maximum atomic E-state index is 11.6. The van der Waals surface area contributed by atoms with Gasteiger partial charge in [0.05, 0.1) is 11.1 Å². The molecule has 0 amide bonds. The number of aromatic nitrogens is 3. The molecule has 0 fully saturated rings. The number of benzene rings is 4. The first-order valence-corrected chi connectivity index (χ1v) is 15.8. The zero-order valence-electron chi connectivity index (χ0n) is 25.8. The van der Waals surface area contributed by atoms with Crippen LogP contribution in [0.25, 0.3) is 22.3 Å². The molecule has 0 spiro atoms. The average Bonchev–Trinajstić information content (AvgIpc) is 3.40. The predicted octanol–water partition coefficient (Wildman–Crippen LogP) is 5.31. The Morgan fingerprint density at radius 1 is 0.750 bits per heavy atom. The van der Waals surface area contributed by atoms with Crippen molar-refractivity contribution >= 4 is 35.6 Å². The van der Waals surface area contributed by atoms with Crippen LogP contribution in [0.5, 0.6) is 0 Å². The molecule has 5 aromatic rings. The molecule has 1 heterocycles. The Kier molecular flexibility index (Phi) is 11.9. The summed E-state index contributed by atoms with van der Waals surface area (Å²) in [6.45, 7) is 4.30. The number of aromatic carboxylic acids is 2. The van der Waals surface area contributed by atoms with E-state index in [2.05, 4.69) is 13.8 Å². The molecule has 0 radical (unpaired) electrons. The minimum absolute atomic E-state index is 0. The number of thioether (sulfide) groups is 1. The van der Waals surface area contributed by atoms with E-state index in [4.69, 9.17) is 10.1 Å². The van der Waals surface area contributed by atoms with Gasteiger partial charge >= 0.3 is 41.5 Å². The van der Waals surface area contributed by atoms with Crippen molar-refractivity contribution in [1.82, 2.24) is 14.2 Å².